The SMILES string of the molecule is CC1(c2ccccc2)c2ccccc2-c2ccc(-c3cc(-c4cc(-c5cccc6c5sc5ccccc56)cc(-c5cccc6c5sc5ccccc56)c4)nc(-c4ccccc4)n3)cc21. The maximum absolute atomic E-state index is 5.44. The second kappa shape index (κ2) is 14.5. The third-order valence-corrected chi connectivity index (χ3v) is 15.8. The van der Waals surface area contributed by atoms with Gasteiger partial charge in [-0.3, -0.25) is 0 Å². The lowest BCUT2D eigenvalue weighted by Gasteiger charge is -2.28. The van der Waals surface area contributed by atoms with E-state index in [4.69, 9.17) is 9.97 Å². The molecule has 3 aromatic heterocycles. The quantitative estimate of drug-likeness (QED) is 0.167. The first-order chi connectivity index (χ1) is 31.6. The van der Waals surface area contributed by atoms with Crippen molar-refractivity contribution in [1.82, 2.24) is 9.97 Å². The Bertz CT molecular complexity index is 3670. The number of benzene rings is 9. The first-order valence-electron chi connectivity index (χ1n) is 21.8. The molecule has 0 amide bonds. The molecule has 1 aliphatic carbocycles. The Hall–Kier alpha value is -7.50. The van der Waals surface area contributed by atoms with Crippen LogP contribution in [0.5, 0.6) is 0 Å². The second-order valence-electron chi connectivity index (χ2n) is 17.0. The average molecular weight is 851 g/mol. The van der Waals surface area contributed by atoms with E-state index < -0.39 is 0 Å². The van der Waals surface area contributed by atoms with E-state index in [0.29, 0.717) is 5.82 Å². The average Bonchev–Trinajstić information content (AvgIpc) is 4.02. The van der Waals surface area contributed by atoms with Crippen LogP contribution in [-0.4, -0.2) is 9.97 Å². The van der Waals surface area contributed by atoms with E-state index >= 15 is 0 Å². The van der Waals surface area contributed by atoms with Gasteiger partial charge in [-0.05, 0) is 99.5 Å². The molecule has 0 saturated heterocycles. The van der Waals surface area contributed by atoms with Gasteiger partial charge in [-0.2, -0.15) is 0 Å². The van der Waals surface area contributed by atoms with Crippen LogP contribution < -0.4 is 0 Å². The highest BCUT2D eigenvalue weighted by Gasteiger charge is 2.40. The van der Waals surface area contributed by atoms with E-state index in [1.807, 2.05) is 22.7 Å². The Balaban J connectivity index is 1.05. The third-order valence-electron chi connectivity index (χ3n) is 13.4. The van der Waals surface area contributed by atoms with Gasteiger partial charge >= 0.3 is 0 Å². The smallest absolute Gasteiger partial charge is 0.160 e. The largest absolute Gasteiger partial charge is 0.228 e. The van der Waals surface area contributed by atoms with Gasteiger partial charge in [-0.25, -0.2) is 9.97 Å². The number of fused-ring (bicyclic) bond motifs is 9. The van der Waals surface area contributed by atoms with Gasteiger partial charge in [-0.15, -0.1) is 22.7 Å². The summed E-state index contributed by atoms with van der Waals surface area (Å²) in [4.78, 5) is 10.8. The zero-order valence-corrected chi connectivity index (χ0v) is 36.6. The molecule has 1 unspecified atom stereocenters. The molecule has 0 aliphatic heterocycles. The van der Waals surface area contributed by atoms with Crippen LogP contribution in [0, 0.1) is 0 Å². The van der Waals surface area contributed by atoms with Gasteiger partial charge in [0.15, 0.2) is 5.82 Å². The van der Waals surface area contributed by atoms with E-state index in [1.54, 1.807) is 0 Å². The van der Waals surface area contributed by atoms with Crippen LogP contribution in [0.15, 0.2) is 212 Å². The highest BCUT2D eigenvalue weighted by Crippen LogP contribution is 2.53. The fourth-order valence-corrected chi connectivity index (χ4v) is 12.7. The molecule has 0 radical (unpaired) electrons. The van der Waals surface area contributed by atoms with Crippen LogP contribution in [0.4, 0.5) is 0 Å². The highest BCUT2D eigenvalue weighted by atomic mass is 32.1. The minimum absolute atomic E-state index is 0.328. The molecule has 12 aromatic rings. The predicted molar refractivity (Wildman–Crippen MR) is 272 cm³/mol. The molecule has 0 saturated carbocycles. The number of rotatable bonds is 6. The van der Waals surface area contributed by atoms with E-state index in [0.717, 1.165) is 39.2 Å². The molecule has 13 rings (SSSR count). The molecular weight excluding hydrogens is 813 g/mol. The number of hydrogen-bond donors (Lipinski definition) is 0. The Morgan fingerprint density at radius 3 is 1.50 bits per heavy atom. The maximum atomic E-state index is 5.44. The maximum Gasteiger partial charge on any atom is 0.160 e. The molecule has 0 bridgehead atoms. The normalized spacial score (nSPS) is 14.4. The second-order valence-corrected chi connectivity index (χ2v) is 19.1. The van der Waals surface area contributed by atoms with Gasteiger partial charge in [0.25, 0.3) is 0 Å². The van der Waals surface area contributed by atoms with Crippen molar-refractivity contribution in [1.29, 1.82) is 0 Å². The molecule has 2 nitrogen and oxygen atoms in total. The summed E-state index contributed by atoms with van der Waals surface area (Å²) in [6.07, 6.45) is 0. The van der Waals surface area contributed by atoms with Crippen molar-refractivity contribution in [2.75, 3.05) is 0 Å². The summed E-state index contributed by atoms with van der Waals surface area (Å²) >= 11 is 3.74. The summed E-state index contributed by atoms with van der Waals surface area (Å²) < 4.78 is 5.18. The van der Waals surface area contributed by atoms with Crippen LogP contribution in [0.1, 0.15) is 23.6 Å². The zero-order chi connectivity index (χ0) is 42.4. The molecule has 0 fully saturated rings. The fraction of sp³-hybridized carbons (Fsp3) is 0.0333. The lowest BCUT2D eigenvalue weighted by molar-refractivity contribution is 0.714. The molecule has 3 heterocycles. The topological polar surface area (TPSA) is 25.8 Å². The minimum Gasteiger partial charge on any atom is -0.228 e. The van der Waals surface area contributed by atoms with E-state index in [-0.39, 0.29) is 5.41 Å². The number of hydrogen-bond acceptors (Lipinski definition) is 4. The Morgan fingerprint density at radius 1 is 0.344 bits per heavy atom. The van der Waals surface area contributed by atoms with Gasteiger partial charge < -0.3 is 0 Å². The Kier molecular flexibility index (Phi) is 8.42. The van der Waals surface area contributed by atoms with E-state index in [1.165, 1.54) is 79.3 Å². The monoisotopic (exact) mass is 850 g/mol. The Morgan fingerprint density at radius 2 is 0.844 bits per heavy atom. The summed E-state index contributed by atoms with van der Waals surface area (Å²) in [6.45, 7) is 2.37. The molecule has 1 aliphatic rings. The summed E-state index contributed by atoms with van der Waals surface area (Å²) in [5, 5.41) is 5.16. The summed E-state index contributed by atoms with van der Waals surface area (Å²) in [7, 11) is 0. The van der Waals surface area contributed by atoms with Crippen molar-refractivity contribution >= 4 is 63.0 Å². The highest BCUT2D eigenvalue weighted by molar-refractivity contribution is 7.26. The summed E-state index contributed by atoms with van der Waals surface area (Å²) in [6, 6.07) is 77.5. The standard InChI is InChI=1S/C60H38N2S2/c1-60(42-18-6-3-7-19-42)51-27-11-8-20-45(51)46-31-30-38(35-52(46)60)53-36-54(62-59(61-53)37-16-4-2-5-17-37)41-33-39(43-23-14-25-49-47-21-9-12-28-55(47)63-57(43)49)32-40(34-41)44-24-15-26-50-48-22-10-13-29-56(48)64-58(44)50/h2-36H,1H3. The number of aromatic nitrogens is 2. The summed E-state index contributed by atoms with van der Waals surface area (Å²) in [5.74, 6) is 0.702. The van der Waals surface area contributed by atoms with Crippen molar-refractivity contribution in [3.05, 3.63) is 229 Å². The van der Waals surface area contributed by atoms with Crippen molar-refractivity contribution in [3.63, 3.8) is 0 Å². The van der Waals surface area contributed by atoms with Gasteiger partial charge in [-0.1, -0.05) is 170 Å². The van der Waals surface area contributed by atoms with Crippen LogP contribution >= 0.6 is 22.7 Å². The summed E-state index contributed by atoms with van der Waals surface area (Å²) in [5.41, 5.74) is 15.8. The van der Waals surface area contributed by atoms with Gasteiger partial charge in [0.1, 0.15) is 0 Å². The third kappa shape index (κ3) is 5.76. The number of nitrogens with zero attached hydrogens (tertiary/aromatic N) is 2. The lowest BCUT2D eigenvalue weighted by atomic mass is 9.74. The van der Waals surface area contributed by atoms with Crippen LogP contribution in [0.3, 0.4) is 0 Å². The lowest BCUT2D eigenvalue weighted by Crippen LogP contribution is -2.22. The van der Waals surface area contributed by atoms with Crippen molar-refractivity contribution in [2.24, 2.45) is 0 Å². The van der Waals surface area contributed by atoms with Crippen LogP contribution in [-0.2, 0) is 5.41 Å². The van der Waals surface area contributed by atoms with E-state index in [2.05, 4.69) is 219 Å². The van der Waals surface area contributed by atoms with Gasteiger partial charge in [0.05, 0.1) is 11.4 Å². The van der Waals surface area contributed by atoms with Crippen molar-refractivity contribution in [2.45, 2.75) is 12.3 Å². The molecule has 0 spiro atoms. The molecule has 4 heteroatoms. The molecule has 1 atom stereocenters. The minimum atomic E-state index is -0.328. The fourth-order valence-electron chi connectivity index (χ4n) is 10.2. The van der Waals surface area contributed by atoms with Gasteiger partial charge in [0.2, 0.25) is 0 Å². The molecule has 64 heavy (non-hydrogen) atoms. The van der Waals surface area contributed by atoms with Crippen molar-refractivity contribution in [3.8, 4) is 67.3 Å². The van der Waals surface area contributed by atoms with Crippen molar-refractivity contribution < 1.29 is 0 Å². The Labute approximate surface area is 379 Å². The van der Waals surface area contributed by atoms with Gasteiger partial charge in [0, 0.05) is 62.4 Å². The predicted octanol–water partition coefficient (Wildman–Crippen LogP) is 16.9. The molecule has 9 aromatic carbocycles. The molecular formula is C60H38N2S2. The zero-order valence-electron chi connectivity index (χ0n) is 34.9. The molecule has 0 N–H and O–H groups in total. The van der Waals surface area contributed by atoms with Crippen LogP contribution in [0.25, 0.3) is 108 Å². The first kappa shape index (κ1) is 37.1. The first-order valence-corrected chi connectivity index (χ1v) is 23.4. The van der Waals surface area contributed by atoms with Crippen LogP contribution in [0.2, 0.25) is 0 Å². The van der Waals surface area contributed by atoms with E-state index in [9.17, 15) is 0 Å². The molecule has 300 valence electrons. The number of thiophene rings is 2.